The van der Waals surface area contributed by atoms with Gasteiger partial charge in [0.25, 0.3) is 0 Å². The second-order valence-electron chi connectivity index (χ2n) is 5.66. The van der Waals surface area contributed by atoms with Crippen LogP contribution in [0.15, 0.2) is 36.4 Å². The highest BCUT2D eigenvalue weighted by atomic mass is 16.2. The van der Waals surface area contributed by atoms with Crippen molar-refractivity contribution in [1.82, 2.24) is 14.7 Å². The van der Waals surface area contributed by atoms with Crippen LogP contribution in [-0.4, -0.2) is 40.2 Å². The van der Waals surface area contributed by atoms with E-state index in [0.717, 1.165) is 29.8 Å². The Morgan fingerprint density at radius 3 is 2.68 bits per heavy atom. The largest absolute Gasteiger partial charge is 0.344 e. The molecule has 22 heavy (non-hydrogen) atoms. The first-order chi connectivity index (χ1) is 10.5. The SMILES string of the molecule is C[C@H](N)C(=O)N(C)CCCc1cc(-c2ccccc2)n(C)n1. The van der Waals surface area contributed by atoms with Gasteiger partial charge >= 0.3 is 0 Å². The zero-order chi connectivity index (χ0) is 16.1. The van der Waals surface area contributed by atoms with Gasteiger partial charge in [-0.2, -0.15) is 5.10 Å². The molecular formula is C17H24N4O. The average Bonchev–Trinajstić information content (AvgIpc) is 2.88. The molecule has 2 aromatic rings. The summed E-state index contributed by atoms with van der Waals surface area (Å²) < 4.78 is 1.90. The molecule has 0 aliphatic carbocycles. The third-order valence-corrected chi connectivity index (χ3v) is 3.69. The van der Waals surface area contributed by atoms with Crippen molar-refractivity contribution in [3.8, 4) is 11.3 Å². The quantitative estimate of drug-likeness (QED) is 0.885. The van der Waals surface area contributed by atoms with Crippen LogP contribution in [0, 0.1) is 0 Å². The highest BCUT2D eigenvalue weighted by Crippen LogP contribution is 2.19. The van der Waals surface area contributed by atoms with Crippen LogP contribution >= 0.6 is 0 Å². The van der Waals surface area contributed by atoms with E-state index in [-0.39, 0.29) is 5.91 Å². The number of carbonyl (C=O) groups is 1. The molecule has 0 saturated carbocycles. The number of aromatic nitrogens is 2. The third kappa shape index (κ3) is 3.95. The molecule has 5 nitrogen and oxygen atoms in total. The number of rotatable bonds is 6. The molecule has 118 valence electrons. The van der Waals surface area contributed by atoms with Crippen molar-refractivity contribution in [2.24, 2.45) is 12.8 Å². The minimum Gasteiger partial charge on any atom is -0.344 e. The molecule has 1 aromatic carbocycles. The Morgan fingerprint density at radius 2 is 2.05 bits per heavy atom. The second kappa shape index (κ2) is 7.22. The lowest BCUT2D eigenvalue weighted by Crippen LogP contribution is -2.40. The Hall–Kier alpha value is -2.14. The van der Waals surface area contributed by atoms with Gasteiger partial charge in [-0.15, -0.1) is 0 Å². The van der Waals surface area contributed by atoms with E-state index in [1.165, 1.54) is 0 Å². The molecule has 0 unspecified atom stereocenters. The van der Waals surface area contributed by atoms with Gasteiger partial charge in [0, 0.05) is 20.6 Å². The predicted octanol–water partition coefficient (Wildman–Crippen LogP) is 1.83. The topological polar surface area (TPSA) is 64.2 Å². The molecule has 0 aliphatic heterocycles. The smallest absolute Gasteiger partial charge is 0.238 e. The molecule has 1 heterocycles. The number of amides is 1. The van der Waals surface area contributed by atoms with Crippen LogP contribution < -0.4 is 5.73 Å². The van der Waals surface area contributed by atoms with Gasteiger partial charge in [0.1, 0.15) is 0 Å². The maximum Gasteiger partial charge on any atom is 0.238 e. The molecule has 0 spiro atoms. The van der Waals surface area contributed by atoms with Gasteiger partial charge in [-0.1, -0.05) is 30.3 Å². The monoisotopic (exact) mass is 300 g/mol. The van der Waals surface area contributed by atoms with E-state index in [1.54, 1.807) is 18.9 Å². The standard InChI is InChI=1S/C17H24N4O/c1-13(18)17(22)20(2)11-7-10-15-12-16(21(3)19-15)14-8-5-4-6-9-14/h4-6,8-9,12-13H,7,10-11,18H2,1-3H3/t13-/m0/s1. The molecule has 1 amide bonds. The van der Waals surface area contributed by atoms with Crippen molar-refractivity contribution in [3.05, 3.63) is 42.1 Å². The normalized spacial score (nSPS) is 12.2. The van der Waals surface area contributed by atoms with Crippen molar-refractivity contribution in [2.45, 2.75) is 25.8 Å². The summed E-state index contributed by atoms with van der Waals surface area (Å²) in [4.78, 5) is 13.4. The van der Waals surface area contributed by atoms with Gasteiger partial charge in [-0.25, -0.2) is 0 Å². The maximum atomic E-state index is 11.7. The van der Waals surface area contributed by atoms with Gasteiger partial charge in [-0.3, -0.25) is 9.48 Å². The van der Waals surface area contributed by atoms with Gasteiger partial charge in [-0.05, 0) is 31.4 Å². The summed E-state index contributed by atoms with van der Waals surface area (Å²) in [6.45, 7) is 2.40. The maximum absolute atomic E-state index is 11.7. The van der Waals surface area contributed by atoms with E-state index >= 15 is 0 Å². The molecule has 1 aromatic heterocycles. The van der Waals surface area contributed by atoms with Crippen LogP contribution in [0.1, 0.15) is 19.0 Å². The van der Waals surface area contributed by atoms with Gasteiger partial charge in [0.2, 0.25) is 5.91 Å². The fourth-order valence-electron chi connectivity index (χ4n) is 2.48. The van der Waals surface area contributed by atoms with E-state index in [0.29, 0.717) is 6.54 Å². The predicted molar refractivity (Wildman–Crippen MR) is 88.3 cm³/mol. The summed E-state index contributed by atoms with van der Waals surface area (Å²) in [6, 6.07) is 11.9. The van der Waals surface area contributed by atoms with Crippen LogP contribution in [0.5, 0.6) is 0 Å². The van der Waals surface area contributed by atoms with Crippen molar-refractivity contribution in [2.75, 3.05) is 13.6 Å². The fraction of sp³-hybridized carbons (Fsp3) is 0.412. The van der Waals surface area contributed by atoms with E-state index in [1.807, 2.05) is 29.9 Å². The van der Waals surface area contributed by atoms with Crippen molar-refractivity contribution in [3.63, 3.8) is 0 Å². The zero-order valence-corrected chi connectivity index (χ0v) is 13.5. The number of hydrogen-bond acceptors (Lipinski definition) is 3. The van der Waals surface area contributed by atoms with Crippen LogP contribution in [0.3, 0.4) is 0 Å². The molecular weight excluding hydrogens is 276 g/mol. The van der Waals surface area contributed by atoms with E-state index in [4.69, 9.17) is 5.73 Å². The second-order valence-corrected chi connectivity index (χ2v) is 5.66. The molecule has 2 rings (SSSR count). The van der Waals surface area contributed by atoms with Gasteiger partial charge in [0.05, 0.1) is 17.4 Å². The van der Waals surface area contributed by atoms with Crippen molar-refractivity contribution in [1.29, 1.82) is 0 Å². The molecule has 0 bridgehead atoms. The lowest BCUT2D eigenvalue weighted by molar-refractivity contribution is -0.130. The molecule has 0 radical (unpaired) electrons. The summed E-state index contributed by atoms with van der Waals surface area (Å²) >= 11 is 0. The summed E-state index contributed by atoms with van der Waals surface area (Å²) in [5.41, 5.74) is 8.91. The summed E-state index contributed by atoms with van der Waals surface area (Å²) in [6.07, 6.45) is 1.72. The minimum atomic E-state index is -0.440. The number of likely N-dealkylation sites (N-methyl/N-ethyl adjacent to an activating group) is 1. The molecule has 1 atom stereocenters. The Morgan fingerprint density at radius 1 is 1.36 bits per heavy atom. The first-order valence-corrected chi connectivity index (χ1v) is 7.58. The lowest BCUT2D eigenvalue weighted by atomic mass is 10.1. The summed E-state index contributed by atoms with van der Waals surface area (Å²) in [5, 5.41) is 4.55. The number of aryl methyl sites for hydroxylation is 2. The molecule has 5 heteroatoms. The Balaban J connectivity index is 1.94. The molecule has 0 saturated heterocycles. The molecule has 0 aliphatic rings. The third-order valence-electron chi connectivity index (χ3n) is 3.69. The van der Waals surface area contributed by atoms with Gasteiger partial charge in [0.15, 0.2) is 0 Å². The molecule has 0 fully saturated rings. The summed E-state index contributed by atoms with van der Waals surface area (Å²) in [7, 11) is 3.75. The average molecular weight is 300 g/mol. The number of benzene rings is 1. The number of hydrogen-bond donors (Lipinski definition) is 1. The number of nitrogens with two attached hydrogens (primary N) is 1. The van der Waals surface area contributed by atoms with Crippen LogP contribution in [-0.2, 0) is 18.3 Å². The zero-order valence-electron chi connectivity index (χ0n) is 13.5. The summed E-state index contributed by atoms with van der Waals surface area (Å²) in [5.74, 6) is -0.0222. The van der Waals surface area contributed by atoms with Crippen LogP contribution in [0.25, 0.3) is 11.3 Å². The highest BCUT2D eigenvalue weighted by molar-refractivity contribution is 5.80. The number of carbonyl (C=O) groups excluding carboxylic acids is 1. The number of nitrogens with zero attached hydrogens (tertiary/aromatic N) is 3. The van der Waals surface area contributed by atoms with E-state index < -0.39 is 6.04 Å². The first-order valence-electron chi connectivity index (χ1n) is 7.58. The van der Waals surface area contributed by atoms with E-state index in [9.17, 15) is 4.79 Å². The van der Waals surface area contributed by atoms with E-state index in [2.05, 4.69) is 23.3 Å². The first kappa shape index (κ1) is 16.2. The minimum absolute atomic E-state index is 0.0222. The Bertz CT molecular complexity index is 619. The van der Waals surface area contributed by atoms with Crippen molar-refractivity contribution < 1.29 is 4.79 Å². The highest BCUT2D eigenvalue weighted by Gasteiger charge is 2.13. The van der Waals surface area contributed by atoms with Crippen LogP contribution in [0.4, 0.5) is 0 Å². The van der Waals surface area contributed by atoms with Crippen LogP contribution in [0.2, 0.25) is 0 Å². The fourth-order valence-corrected chi connectivity index (χ4v) is 2.48. The Kier molecular flexibility index (Phi) is 5.33. The lowest BCUT2D eigenvalue weighted by Gasteiger charge is -2.18. The van der Waals surface area contributed by atoms with Gasteiger partial charge < -0.3 is 10.6 Å². The molecule has 2 N–H and O–H groups in total. The van der Waals surface area contributed by atoms with Crippen molar-refractivity contribution >= 4 is 5.91 Å². The Labute approximate surface area is 131 Å².